The van der Waals surface area contributed by atoms with Gasteiger partial charge in [-0.2, -0.15) is 0 Å². The summed E-state index contributed by atoms with van der Waals surface area (Å²) in [5, 5.41) is 3.70. The molecule has 3 rings (SSSR count). The molecule has 0 bridgehead atoms. The second-order valence-electron chi connectivity index (χ2n) is 9.68. The molecular weight excluding hydrogens is 585 g/mol. The van der Waals surface area contributed by atoms with Crippen LogP contribution >= 0.6 is 23.2 Å². The monoisotopic (exact) mass is 619 g/mol. The second-order valence-corrected chi connectivity index (χ2v) is 12.4. The lowest BCUT2D eigenvalue weighted by Gasteiger charge is -2.33. The molecule has 0 heterocycles. The van der Waals surface area contributed by atoms with Crippen molar-refractivity contribution in [2.75, 3.05) is 17.1 Å². The Hall–Kier alpha value is -3.27. The van der Waals surface area contributed by atoms with Gasteiger partial charge >= 0.3 is 0 Å². The number of carbonyl (C=O) groups is 2. The third-order valence-electron chi connectivity index (χ3n) is 6.53. The van der Waals surface area contributed by atoms with E-state index in [2.05, 4.69) is 5.32 Å². The molecule has 0 aliphatic heterocycles. The van der Waals surface area contributed by atoms with Crippen molar-refractivity contribution in [1.29, 1.82) is 0 Å². The van der Waals surface area contributed by atoms with Gasteiger partial charge in [-0.3, -0.25) is 13.9 Å². The molecule has 1 N–H and O–H groups in total. The summed E-state index contributed by atoms with van der Waals surface area (Å²) in [4.78, 5) is 28.5. The van der Waals surface area contributed by atoms with Crippen molar-refractivity contribution >= 4 is 50.7 Å². The van der Waals surface area contributed by atoms with Crippen LogP contribution in [0.15, 0.2) is 72.8 Å². The molecule has 0 aromatic heterocycles. The fourth-order valence-electron chi connectivity index (χ4n) is 4.11. The van der Waals surface area contributed by atoms with Crippen molar-refractivity contribution < 1.29 is 22.7 Å². The number of anilines is 1. The molecule has 11 heteroatoms. The van der Waals surface area contributed by atoms with E-state index in [1.807, 2.05) is 32.0 Å². The first-order valence-electron chi connectivity index (χ1n) is 13.3. The molecular formula is C30H35Cl2N3O5S. The van der Waals surface area contributed by atoms with Gasteiger partial charge in [0.2, 0.25) is 21.8 Å². The van der Waals surface area contributed by atoms with Crippen LogP contribution in [-0.4, -0.2) is 50.0 Å². The van der Waals surface area contributed by atoms with E-state index < -0.39 is 28.5 Å². The van der Waals surface area contributed by atoms with Crippen molar-refractivity contribution in [3.8, 4) is 11.5 Å². The highest BCUT2D eigenvalue weighted by Crippen LogP contribution is 2.27. The second kappa shape index (κ2) is 14.6. The summed E-state index contributed by atoms with van der Waals surface area (Å²) < 4.78 is 32.6. The molecule has 220 valence electrons. The summed E-state index contributed by atoms with van der Waals surface area (Å²) in [5.74, 6) is 0.255. The summed E-state index contributed by atoms with van der Waals surface area (Å²) in [6.07, 6.45) is 2.05. The van der Waals surface area contributed by atoms with Gasteiger partial charge in [-0.25, -0.2) is 8.42 Å². The summed E-state index contributed by atoms with van der Waals surface area (Å²) in [5.41, 5.74) is 0.857. The fourth-order valence-corrected chi connectivity index (χ4v) is 5.43. The van der Waals surface area contributed by atoms with Gasteiger partial charge in [0, 0.05) is 22.6 Å². The lowest BCUT2D eigenvalue weighted by molar-refractivity contribution is -0.140. The largest absolute Gasteiger partial charge is 0.457 e. The minimum absolute atomic E-state index is 0.0112. The first-order chi connectivity index (χ1) is 19.4. The average Bonchev–Trinajstić information content (AvgIpc) is 2.93. The fraction of sp³-hybridized carbons (Fsp3) is 0.333. The van der Waals surface area contributed by atoms with Gasteiger partial charge in [0.1, 0.15) is 24.1 Å². The van der Waals surface area contributed by atoms with Crippen molar-refractivity contribution in [3.05, 3.63) is 88.4 Å². The van der Waals surface area contributed by atoms with Gasteiger partial charge in [-0.05, 0) is 73.9 Å². The van der Waals surface area contributed by atoms with E-state index in [1.54, 1.807) is 61.5 Å². The summed E-state index contributed by atoms with van der Waals surface area (Å²) in [6, 6.07) is 19.5. The van der Waals surface area contributed by atoms with Gasteiger partial charge in [0.05, 0.1) is 11.9 Å². The van der Waals surface area contributed by atoms with Crippen LogP contribution in [0, 0.1) is 0 Å². The molecule has 2 unspecified atom stereocenters. The molecule has 3 aromatic carbocycles. The molecule has 0 fully saturated rings. The highest BCUT2D eigenvalue weighted by atomic mass is 35.5. The van der Waals surface area contributed by atoms with Crippen LogP contribution in [0.25, 0.3) is 0 Å². The van der Waals surface area contributed by atoms with E-state index in [0.29, 0.717) is 39.9 Å². The predicted molar refractivity (Wildman–Crippen MR) is 164 cm³/mol. The number of carbonyl (C=O) groups excluding carboxylic acids is 2. The predicted octanol–water partition coefficient (Wildman–Crippen LogP) is 6.27. The van der Waals surface area contributed by atoms with Crippen LogP contribution in [0.4, 0.5) is 5.69 Å². The molecule has 0 radical (unpaired) electrons. The molecule has 0 aliphatic rings. The number of amides is 2. The normalized spacial score (nSPS) is 12.7. The molecule has 2 atom stereocenters. The summed E-state index contributed by atoms with van der Waals surface area (Å²) in [6.45, 7) is 5.09. The standard InChI is InChI=1S/C30H35Cl2N3O5S/c1-5-21(3)33-30(37)28(6-2)34(19-22-12-13-23(31)18-27(22)32)29(36)20-35(41(4,38)39)24-14-16-26(17-15-24)40-25-10-8-7-9-11-25/h7-18,21,28H,5-6,19-20H2,1-4H3,(H,33,37). The van der Waals surface area contributed by atoms with Gasteiger partial charge in [0.25, 0.3) is 0 Å². The Kier molecular flexibility index (Phi) is 11.5. The summed E-state index contributed by atoms with van der Waals surface area (Å²) in [7, 11) is -3.88. The number of rotatable bonds is 13. The number of hydrogen-bond donors (Lipinski definition) is 1. The highest BCUT2D eigenvalue weighted by Gasteiger charge is 2.32. The molecule has 8 nitrogen and oxygen atoms in total. The Morgan fingerprint density at radius 1 is 0.927 bits per heavy atom. The van der Waals surface area contributed by atoms with Crippen LogP contribution in [0.3, 0.4) is 0 Å². The van der Waals surface area contributed by atoms with Crippen LogP contribution in [0.5, 0.6) is 11.5 Å². The highest BCUT2D eigenvalue weighted by molar-refractivity contribution is 7.92. The Balaban J connectivity index is 1.92. The Bertz CT molecular complexity index is 1440. The van der Waals surface area contributed by atoms with Gasteiger partial charge in [0.15, 0.2) is 0 Å². The maximum absolute atomic E-state index is 13.9. The number of benzene rings is 3. The Morgan fingerprint density at radius 2 is 1.56 bits per heavy atom. The third-order valence-corrected chi connectivity index (χ3v) is 8.25. The van der Waals surface area contributed by atoms with Crippen LogP contribution in [-0.2, 0) is 26.2 Å². The van der Waals surface area contributed by atoms with Gasteiger partial charge < -0.3 is 15.0 Å². The van der Waals surface area contributed by atoms with E-state index in [9.17, 15) is 18.0 Å². The van der Waals surface area contributed by atoms with E-state index in [-0.39, 0.29) is 24.2 Å². The zero-order valence-corrected chi connectivity index (χ0v) is 25.8. The molecule has 0 aliphatic carbocycles. The number of para-hydroxylation sites is 1. The quantitative estimate of drug-likeness (QED) is 0.243. The van der Waals surface area contributed by atoms with Crippen LogP contribution < -0.4 is 14.4 Å². The minimum Gasteiger partial charge on any atom is -0.457 e. The molecule has 2 amide bonds. The number of halogens is 2. The number of ether oxygens (including phenoxy) is 1. The van der Waals surface area contributed by atoms with Crippen molar-refractivity contribution in [2.45, 2.75) is 52.2 Å². The smallest absolute Gasteiger partial charge is 0.244 e. The molecule has 0 spiro atoms. The topological polar surface area (TPSA) is 96.0 Å². The lowest BCUT2D eigenvalue weighted by Crippen LogP contribution is -2.53. The SMILES string of the molecule is CCC(C)NC(=O)C(CC)N(Cc1ccc(Cl)cc1Cl)C(=O)CN(c1ccc(Oc2ccccc2)cc1)S(C)(=O)=O. The zero-order valence-electron chi connectivity index (χ0n) is 23.5. The number of hydrogen-bond acceptors (Lipinski definition) is 5. The average molecular weight is 621 g/mol. The number of nitrogens with one attached hydrogen (secondary N) is 1. The third kappa shape index (κ3) is 9.11. The zero-order chi connectivity index (χ0) is 30.2. The van der Waals surface area contributed by atoms with E-state index >= 15 is 0 Å². The maximum atomic E-state index is 13.9. The van der Waals surface area contributed by atoms with E-state index in [0.717, 1.165) is 10.6 Å². The molecule has 0 saturated heterocycles. The van der Waals surface area contributed by atoms with Crippen molar-refractivity contribution in [3.63, 3.8) is 0 Å². The van der Waals surface area contributed by atoms with Crippen molar-refractivity contribution in [1.82, 2.24) is 10.2 Å². The first kappa shape index (κ1) is 32.2. The Labute approximate surface area is 252 Å². The summed E-state index contributed by atoms with van der Waals surface area (Å²) >= 11 is 12.5. The molecule has 41 heavy (non-hydrogen) atoms. The lowest BCUT2D eigenvalue weighted by atomic mass is 10.1. The van der Waals surface area contributed by atoms with Crippen molar-refractivity contribution in [2.24, 2.45) is 0 Å². The number of nitrogens with zero attached hydrogens (tertiary/aromatic N) is 2. The van der Waals surface area contributed by atoms with E-state index in [4.69, 9.17) is 27.9 Å². The van der Waals surface area contributed by atoms with Crippen LogP contribution in [0.2, 0.25) is 10.0 Å². The van der Waals surface area contributed by atoms with E-state index in [1.165, 1.54) is 4.90 Å². The first-order valence-corrected chi connectivity index (χ1v) is 15.9. The van der Waals surface area contributed by atoms with Gasteiger partial charge in [-0.15, -0.1) is 0 Å². The molecule has 3 aromatic rings. The minimum atomic E-state index is -3.88. The van der Waals surface area contributed by atoms with Crippen LogP contribution in [0.1, 0.15) is 39.2 Å². The Morgan fingerprint density at radius 3 is 2.12 bits per heavy atom. The molecule has 0 saturated carbocycles. The number of sulfonamides is 1. The van der Waals surface area contributed by atoms with Gasteiger partial charge in [-0.1, -0.05) is 61.3 Å². The maximum Gasteiger partial charge on any atom is 0.244 e.